The molecule has 0 saturated heterocycles. The van der Waals surface area contributed by atoms with Crippen LogP contribution in [0.3, 0.4) is 0 Å². The van der Waals surface area contributed by atoms with Crippen LogP contribution in [0, 0.1) is 0 Å². The summed E-state index contributed by atoms with van der Waals surface area (Å²) in [5.74, 6) is 1.45. The molecule has 14 heavy (non-hydrogen) atoms. The van der Waals surface area contributed by atoms with E-state index in [9.17, 15) is 5.11 Å². The largest absolute Gasteiger partial charge is 0.493 e. The number of ether oxygens (including phenoxy) is 1. The molecule has 1 aliphatic heterocycles. The van der Waals surface area contributed by atoms with Crippen molar-refractivity contribution < 1.29 is 9.84 Å². The first kappa shape index (κ1) is 9.53. The number of para-hydroxylation sites is 1. The summed E-state index contributed by atoms with van der Waals surface area (Å²) >= 11 is 0. The van der Waals surface area contributed by atoms with Gasteiger partial charge in [-0.25, -0.2) is 0 Å². The van der Waals surface area contributed by atoms with Crippen LogP contribution in [0.4, 0.5) is 0 Å². The second-order valence-corrected chi connectivity index (χ2v) is 3.96. The number of fused-ring (bicyclic) bond motifs is 1. The summed E-state index contributed by atoms with van der Waals surface area (Å²) in [5, 5.41) is 9.39. The van der Waals surface area contributed by atoms with E-state index in [4.69, 9.17) is 4.74 Å². The minimum Gasteiger partial charge on any atom is -0.493 e. The summed E-state index contributed by atoms with van der Waals surface area (Å²) in [7, 11) is 0. The molecule has 2 nitrogen and oxygen atoms in total. The highest BCUT2D eigenvalue weighted by atomic mass is 16.5. The predicted octanol–water partition coefficient (Wildman–Crippen LogP) is 2.32. The first-order valence-electron chi connectivity index (χ1n) is 5.17. The van der Waals surface area contributed by atoms with Crippen LogP contribution in [-0.4, -0.2) is 17.8 Å². The first-order valence-corrected chi connectivity index (χ1v) is 5.17. The van der Waals surface area contributed by atoms with Gasteiger partial charge in [0.2, 0.25) is 0 Å². The molecule has 0 fully saturated rings. The maximum Gasteiger partial charge on any atom is 0.122 e. The highest BCUT2D eigenvalue weighted by molar-refractivity contribution is 5.37. The molecule has 0 aliphatic carbocycles. The monoisotopic (exact) mass is 192 g/mol. The summed E-state index contributed by atoms with van der Waals surface area (Å²) in [4.78, 5) is 0. The van der Waals surface area contributed by atoms with Crippen molar-refractivity contribution in [3.8, 4) is 5.75 Å². The molecule has 0 bridgehead atoms. The molecule has 1 aromatic rings. The fourth-order valence-electron chi connectivity index (χ4n) is 2.07. The zero-order chi connectivity index (χ0) is 9.97. The van der Waals surface area contributed by atoms with Gasteiger partial charge in [0.1, 0.15) is 5.75 Å². The molecule has 2 heteroatoms. The summed E-state index contributed by atoms with van der Waals surface area (Å²) < 4.78 is 5.55. The Morgan fingerprint density at radius 1 is 1.50 bits per heavy atom. The van der Waals surface area contributed by atoms with Gasteiger partial charge in [-0.05, 0) is 37.3 Å². The summed E-state index contributed by atoms with van der Waals surface area (Å²) in [6, 6.07) is 8.12. The van der Waals surface area contributed by atoms with Gasteiger partial charge in [0, 0.05) is 0 Å². The smallest absolute Gasteiger partial charge is 0.122 e. The number of hydrogen-bond acceptors (Lipinski definition) is 2. The van der Waals surface area contributed by atoms with Crippen molar-refractivity contribution in [1.82, 2.24) is 0 Å². The summed E-state index contributed by atoms with van der Waals surface area (Å²) in [6.45, 7) is 2.62. The number of hydrogen-bond donors (Lipinski definition) is 1. The molecule has 1 aromatic carbocycles. The van der Waals surface area contributed by atoms with E-state index in [0.29, 0.717) is 5.92 Å². The fraction of sp³-hybridized carbons (Fsp3) is 0.500. The van der Waals surface area contributed by atoms with E-state index in [0.717, 1.165) is 25.2 Å². The molecule has 1 aliphatic rings. The van der Waals surface area contributed by atoms with Crippen molar-refractivity contribution in [2.24, 2.45) is 0 Å². The summed E-state index contributed by atoms with van der Waals surface area (Å²) in [6.07, 6.45) is 1.62. The Hall–Kier alpha value is -1.02. The number of aliphatic hydroxyl groups excluding tert-OH is 1. The quantitative estimate of drug-likeness (QED) is 0.779. The Morgan fingerprint density at radius 3 is 3.07 bits per heavy atom. The first-order chi connectivity index (χ1) is 6.77. The standard InChI is InChI=1S/C12H16O2/c1-9(13)8-10-6-7-14-12-5-3-2-4-11(10)12/h2-5,9-10,13H,6-8H2,1H3. The van der Waals surface area contributed by atoms with Crippen LogP contribution in [0.1, 0.15) is 31.2 Å². The lowest BCUT2D eigenvalue weighted by molar-refractivity contribution is 0.160. The molecule has 76 valence electrons. The molecule has 0 spiro atoms. The van der Waals surface area contributed by atoms with Gasteiger partial charge in [0.25, 0.3) is 0 Å². The van der Waals surface area contributed by atoms with Crippen LogP contribution < -0.4 is 4.74 Å². The lowest BCUT2D eigenvalue weighted by Crippen LogP contribution is -2.17. The molecule has 1 N–H and O–H groups in total. The maximum atomic E-state index is 9.39. The second-order valence-electron chi connectivity index (χ2n) is 3.96. The SMILES string of the molecule is CC(O)CC1CCOc2ccccc21. The van der Waals surface area contributed by atoms with Gasteiger partial charge in [0.15, 0.2) is 0 Å². The molecular weight excluding hydrogens is 176 g/mol. The van der Waals surface area contributed by atoms with E-state index in [2.05, 4.69) is 6.07 Å². The van der Waals surface area contributed by atoms with Crippen molar-refractivity contribution in [3.63, 3.8) is 0 Å². The molecule has 2 atom stereocenters. The number of rotatable bonds is 2. The van der Waals surface area contributed by atoms with Crippen molar-refractivity contribution in [2.75, 3.05) is 6.61 Å². The Labute approximate surface area is 84.5 Å². The highest BCUT2D eigenvalue weighted by Gasteiger charge is 2.21. The van der Waals surface area contributed by atoms with Crippen molar-refractivity contribution in [1.29, 1.82) is 0 Å². The van der Waals surface area contributed by atoms with Crippen LogP contribution in [0.5, 0.6) is 5.75 Å². The van der Waals surface area contributed by atoms with E-state index >= 15 is 0 Å². The third-order valence-electron chi connectivity index (χ3n) is 2.71. The van der Waals surface area contributed by atoms with E-state index in [1.807, 2.05) is 25.1 Å². The van der Waals surface area contributed by atoms with E-state index in [-0.39, 0.29) is 6.10 Å². The van der Waals surface area contributed by atoms with Crippen molar-refractivity contribution in [2.45, 2.75) is 31.8 Å². The second kappa shape index (κ2) is 4.01. The normalized spacial score (nSPS) is 22.3. The lowest BCUT2D eigenvalue weighted by Gasteiger charge is -2.26. The molecule has 2 unspecified atom stereocenters. The van der Waals surface area contributed by atoms with Gasteiger partial charge >= 0.3 is 0 Å². The maximum absolute atomic E-state index is 9.39. The molecule has 1 heterocycles. The molecule has 0 aromatic heterocycles. The molecule has 0 amide bonds. The Morgan fingerprint density at radius 2 is 2.29 bits per heavy atom. The van der Waals surface area contributed by atoms with Crippen molar-refractivity contribution >= 4 is 0 Å². The Balaban J connectivity index is 2.22. The van der Waals surface area contributed by atoms with Crippen LogP contribution in [0.15, 0.2) is 24.3 Å². The van der Waals surface area contributed by atoms with Crippen LogP contribution in [-0.2, 0) is 0 Å². The Kier molecular flexibility index (Phi) is 2.73. The zero-order valence-corrected chi connectivity index (χ0v) is 8.44. The average molecular weight is 192 g/mol. The van der Waals surface area contributed by atoms with E-state index in [1.54, 1.807) is 0 Å². The van der Waals surface area contributed by atoms with Crippen LogP contribution in [0.25, 0.3) is 0 Å². The fourth-order valence-corrected chi connectivity index (χ4v) is 2.07. The zero-order valence-electron chi connectivity index (χ0n) is 8.44. The average Bonchev–Trinajstić information content (AvgIpc) is 2.18. The van der Waals surface area contributed by atoms with E-state index in [1.165, 1.54) is 5.56 Å². The van der Waals surface area contributed by atoms with Gasteiger partial charge in [0.05, 0.1) is 12.7 Å². The molecule has 0 saturated carbocycles. The minimum absolute atomic E-state index is 0.230. The molecule has 0 radical (unpaired) electrons. The van der Waals surface area contributed by atoms with E-state index < -0.39 is 0 Å². The predicted molar refractivity (Wildman–Crippen MR) is 55.6 cm³/mol. The molecule has 2 rings (SSSR count). The third-order valence-corrected chi connectivity index (χ3v) is 2.71. The number of benzene rings is 1. The van der Waals surface area contributed by atoms with Gasteiger partial charge < -0.3 is 9.84 Å². The van der Waals surface area contributed by atoms with Crippen LogP contribution in [0.2, 0.25) is 0 Å². The third kappa shape index (κ3) is 1.90. The molecular formula is C12H16O2. The van der Waals surface area contributed by atoms with Gasteiger partial charge in [-0.1, -0.05) is 18.2 Å². The lowest BCUT2D eigenvalue weighted by atomic mass is 9.89. The van der Waals surface area contributed by atoms with Crippen LogP contribution >= 0.6 is 0 Å². The highest BCUT2D eigenvalue weighted by Crippen LogP contribution is 2.35. The van der Waals surface area contributed by atoms with Crippen molar-refractivity contribution in [3.05, 3.63) is 29.8 Å². The van der Waals surface area contributed by atoms with Gasteiger partial charge in [-0.15, -0.1) is 0 Å². The minimum atomic E-state index is -0.230. The topological polar surface area (TPSA) is 29.5 Å². The number of aliphatic hydroxyl groups is 1. The summed E-state index contributed by atoms with van der Waals surface area (Å²) in [5.41, 5.74) is 1.25. The van der Waals surface area contributed by atoms with Gasteiger partial charge in [-0.2, -0.15) is 0 Å². The van der Waals surface area contributed by atoms with Gasteiger partial charge in [-0.3, -0.25) is 0 Å². The Bertz CT molecular complexity index is 307.